The molecule has 0 aliphatic heterocycles. The van der Waals surface area contributed by atoms with Gasteiger partial charge in [-0.3, -0.25) is 9.78 Å². The summed E-state index contributed by atoms with van der Waals surface area (Å²) in [4.78, 5) is 27.8. The minimum absolute atomic E-state index is 0.109. The molecule has 0 bridgehead atoms. The number of rotatable bonds is 12. The quantitative estimate of drug-likeness (QED) is 0.343. The number of hydrogen-bond donors (Lipinski definition) is 2. The van der Waals surface area contributed by atoms with Crippen molar-refractivity contribution in [1.82, 2.24) is 20.5 Å². The van der Waals surface area contributed by atoms with E-state index in [-0.39, 0.29) is 6.47 Å². The number of nitrogens with zero attached hydrogens (tertiary/aromatic N) is 2. The standard InChI is InChI=1S/C17H28N4O3/c1-3-21(4-2)10-6-5-8-18-13-16-11-15(7-9-19-16)12-20-17(23)24-14-22/h7,9,11,14,18H,3-6,8,10,12-13H2,1-2H3,(H,20,23). The SMILES string of the molecule is CCN(CC)CCCCNCc1cc(CNC(=O)OC=O)ccn1. The summed E-state index contributed by atoms with van der Waals surface area (Å²) in [6.07, 6.45) is 3.27. The first-order chi connectivity index (χ1) is 11.7. The van der Waals surface area contributed by atoms with E-state index in [0.717, 1.165) is 43.9 Å². The van der Waals surface area contributed by atoms with Gasteiger partial charge in [0.2, 0.25) is 0 Å². The van der Waals surface area contributed by atoms with Gasteiger partial charge in [-0.05, 0) is 56.7 Å². The molecule has 0 saturated heterocycles. The Hall–Kier alpha value is -1.99. The van der Waals surface area contributed by atoms with E-state index in [1.165, 1.54) is 6.42 Å². The maximum atomic E-state index is 11.1. The summed E-state index contributed by atoms with van der Waals surface area (Å²) in [5.74, 6) is 0. The molecule has 0 spiro atoms. The van der Waals surface area contributed by atoms with Crippen molar-refractivity contribution in [2.75, 3.05) is 26.2 Å². The Morgan fingerprint density at radius 2 is 2.08 bits per heavy atom. The minimum Gasteiger partial charge on any atom is -0.379 e. The first kappa shape index (κ1) is 20.1. The predicted octanol–water partition coefficient (Wildman–Crippen LogP) is 1.68. The van der Waals surface area contributed by atoms with Gasteiger partial charge in [-0.15, -0.1) is 0 Å². The first-order valence-corrected chi connectivity index (χ1v) is 8.44. The normalized spacial score (nSPS) is 10.6. The summed E-state index contributed by atoms with van der Waals surface area (Å²) < 4.78 is 4.17. The molecule has 7 nitrogen and oxygen atoms in total. The van der Waals surface area contributed by atoms with E-state index in [2.05, 4.69) is 39.1 Å². The Balaban J connectivity index is 2.22. The van der Waals surface area contributed by atoms with Gasteiger partial charge in [-0.2, -0.15) is 0 Å². The number of alkyl carbamates (subject to hydrolysis) is 1. The van der Waals surface area contributed by atoms with Crippen LogP contribution in [0.5, 0.6) is 0 Å². The molecule has 1 amide bonds. The summed E-state index contributed by atoms with van der Waals surface area (Å²) in [6, 6.07) is 3.73. The van der Waals surface area contributed by atoms with Crippen LogP contribution in [0.4, 0.5) is 4.79 Å². The van der Waals surface area contributed by atoms with Crippen LogP contribution < -0.4 is 10.6 Å². The summed E-state index contributed by atoms with van der Waals surface area (Å²) in [5.41, 5.74) is 1.83. The van der Waals surface area contributed by atoms with Gasteiger partial charge in [0.15, 0.2) is 0 Å². The number of carbonyl (C=O) groups excluding carboxylic acids is 2. The van der Waals surface area contributed by atoms with Crippen molar-refractivity contribution >= 4 is 12.6 Å². The van der Waals surface area contributed by atoms with E-state index in [9.17, 15) is 9.59 Å². The molecule has 134 valence electrons. The molecule has 0 aromatic carbocycles. The fraction of sp³-hybridized carbons (Fsp3) is 0.588. The van der Waals surface area contributed by atoms with Crippen molar-refractivity contribution in [1.29, 1.82) is 0 Å². The van der Waals surface area contributed by atoms with Crippen LogP contribution in [0, 0.1) is 0 Å². The lowest BCUT2D eigenvalue weighted by molar-refractivity contribution is -0.123. The third-order valence-electron chi connectivity index (χ3n) is 3.75. The molecule has 0 aliphatic carbocycles. The maximum absolute atomic E-state index is 11.1. The number of amides is 1. The molecule has 7 heteroatoms. The highest BCUT2D eigenvalue weighted by molar-refractivity contribution is 5.74. The zero-order chi connectivity index (χ0) is 17.6. The summed E-state index contributed by atoms with van der Waals surface area (Å²) in [6.45, 7) is 9.79. The van der Waals surface area contributed by atoms with Gasteiger partial charge in [0.1, 0.15) is 0 Å². The van der Waals surface area contributed by atoms with Crippen molar-refractivity contribution in [2.45, 2.75) is 39.8 Å². The fourth-order valence-electron chi connectivity index (χ4n) is 2.34. The molecule has 1 aromatic rings. The second-order valence-electron chi connectivity index (χ2n) is 5.42. The van der Waals surface area contributed by atoms with Crippen LogP contribution in [0.2, 0.25) is 0 Å². The molecule has 0 saturated carbocycles. The average Bonchev–Trinajstić information content (AvgIpc) is 2.60. The predicted molar refractivity (Wildman–Crippen MR) is 92.4 cm³/mol. The van der Waals surface area contributed by atoms with Crippen LogP contribution >= 0.6 is 0 Å². The van der Waals surface area contributed by atoms with Gasteiger partial charge in [-0.1, -0.05) is 13.8 Å². The molecule has 0 aliphatic rings. The molecule has 0 radical (unpaired) electrons. The smallest absolute Gasteiger partial charge is 0.379 e. The first-order valence-electron chi connectivity index (χ1n) is 8.44. The topological polar surface area (TPSA) is 83.6 Å². The zero-order valence-corrected chi connectivity index (χ0v) is 14.6. The van der Waals surface area contributed by atoms with Crippen LogP contribution in [0.15, 0.2) is 18.3 Å². The second kappa shape index (κ2) is 12.4. The Morgan fingerprint density at radius 3 is 2.79 bits per heavy atom. The lowest BCUT2D eigenvalue weighted by atomic mass is 10.2. The highest BCUT2D eigenvalue weighted by Crippen LogP contribution is 2.02. The second-order valence-corrected chi connectivity index (χ2v) is 5.42. The van der Waals surface area contributed by atoms with E-state index in [1.807, 2.05) is 12.1 Å². The van der Waals surface area contributed by atoms with E-state index < -0.39 is 6.09 Å². The van der Waals surface area contributed by atoms with Gasteiger partial charge in [0.05, 0.1) is 5.69 Å². The largest absolute Gasteiger partial charge is 0.414 e. The molecule has 1 rings (SSSR count). The highest BCUT2D eigenvalue weighted by atomic mass is 16.6. The summed E-state index contributed by atoms with van der Waals surface area (Å²) in [5, 5.41) is 5.87. The maximum Gasteiger partial charge on any atom is 0.414 e. The molecule has 1 aromatic heterocycles. The zero-order valence-electron chi connectivity index (χ0n) is 14.6. The lowest BCUT2D eigenvalue weighted by Crippen LogP contribution is -2.25. The molecule has 24 heavy (non-hydrogen) atoms. The number of nitrogens with one attached hydrogen (secondary N) is 2. The van der Waals surface area contributed by atoms with Gasteiger partial charge in [-0.25, -0.2) is 4.79 Å². The fourth-order valence-corrected chi connectivity index (χ4v) is 2.34. The van der Waals surface area contributed by atoms with Gasteiger partial charge in [0.25, 0.3) is 0 Å². The van der Waals surface area contributed by atoms with Crippen molar-refractivity contribution in [3.8, 4) is 0 Å². The van der Waals surface area contributed by atoms with Crippen LogP contribution in [0.3, 0.4) is 0 Å². The number of pyridine rings is 1. The van der Waals surface area contributed by atoms with E-state index in [0.29, 0.717) is 13.1 Å². The van der Waals surface area contributed by atoms with Crippen molar-refractivity contribution in [3.05, 3.63) is 29.6 Å². The Kier molecular flexibility index (Phi) is 10.4. The van der Waals surface area contributed by atoms with Crippen molar-refractivity contribution < 1.29 is 14.3 Å². The molecule has 2 N–H and O–H groups in total. The van der Waals surface area contributed by atoms with E-state index >= 15 is 0 Å². The summed E-state index contributed by atoms with van der Waals surface area (Å²) in [7, 11) is 0. The average molecular weight is 336 g/mol. The molecular formula is C17H28N4O3. The summed E-state index contributed by atoms with van der Waals surface area (Å²) >= 11 is 0. The van der Waals surface area contributed by atoms with Gasteiger partial charge >= 0.3 is 12.6 Å². The van der Waals surface area contributed by atoms with Crippen LogP contribution in [0.25, 0.3) is 0 Å². The third-order valence-corrected chi connectivity index (χ3v) is 3.75. The number of carbonyl (C=O) groups is 2. The Morgan fingerprint density at radius 1 is 1.29 bits per heavy atom. The molecule has 1 heterocycles. The molecule has 0 atom stereocenters. The van der Waals surface area contributed by atoms with Gasteiger partial charge in [0, 0.05) is 19.3 Å². The van der Waals surface area contributed by atoms with Gasteiger partial charge < -0.3 is 20.3 Å². The number of unbranched alkanes of at least 4 members (excludes halogenated alkanes) is 1. The number of aromatic nitrogens is 1. The third kappa shape index (κ3) is 8.59. The molecule has 0 fully saturated rings. The highest BCUT2D eigenvalue weighted by Gasteiger charge is 2.03. The monoisotopic (exact) mass is 336 g/mol. The minimum atomic E-state index is -0.755. The van der Waals surface area contributed by atoms with Crippen LogP contribution in [-0.4, -0.2) is 48.6 Å². The number of hydrogen-bond acceptors (Lipinski definition) is 6. The molecular weight excluding hydrogens is 308 g/mol. The number of ether oxygens (including phenoxy) is 1. The Bertz CT molecular complexity index is 492. The van der Waals surface area contributed by atoms with E-state index in [1.54, 1.807) is 6.20 Å². The molecule has 0 unspecified atom stereocenters. The Labute approximate surface area is 143 Å². The van der Waals surface area contributed by atoms with Crippen molar-refractivity contribution in [3.63, 3.8) is 0 Å². The lowest BCUT2D eigenvalue weighted by Gasteiger charge is -2.17. The van der Waals surface area contributed by atoms with Crippen molar-refractivity contribution in [2.24, 2.45) is 0 Å². The van der Waals surface area contributed by atoms with Crippen LogP contribution in [-0.2, 0) is 22.6 Å². The van der Waals surface area contributed by atoms with E-state index in [4.69, 9.17) is 0 Å². The van der Waals surface area contributed by atoms with Crippen LogP contribution in [0.1, 0.15) is 37.9 Å².